The number of aryl methyl sites for hydroxylation is 1. The van der Waals surface area contributed by atoms with Crippen LogP contribution >= 0.6 is 15.9 Å². The van der Waals surface area contributed by atoms with E-state index in [0.717, 1.165) is 12.1 Å². The Morgan fingerprint density at radius 1 is 0.905 bits per heavy atom. The van der Waals surface area contributed by atoms with Crippen LogP contribution < -0.4 is 4.74 Å². The minimum absolute atomic E-state index is 0.0178. The molecule has 21 heavy (non-hydrogen) atoms. The van der Waals surface area contributed by atoms with Crippen molar-refractivity contribution in [1.82, 2.24) is 0 Å². The minimum Gasteiger partial charge on any atom is -0.497 e. The molecule has 0 aromatic heterocycles. The molecule has 0 saturated heterocycles. The van der Waals surface area contributed by atoms with Gasteiger partial charge in [-0.1, -0.05) is 15.9 Å². The van der Waals surface area contributed by atoms with Crippen molar-refractivity contribution in [3.05, 3.63) is 64.2 Å². The molecule has 0 aliphatic heterocycles. The van der Waals surface area contributed by atoms with E-state index in [1.54, 1.807) is 0 Å². The maximum Gasteiger partial charge on any atom is 0.134 e. The Hall–Kier alpha value is -1.56. The second-order valence-electron chi connectivity index (χ2n) is 4.49. The Morgan fingerprint density at radius 3 is 2.00 bits per heavy atom. The van der Waals surface area contributed by atoms with Crippen LogP contribution in [0.4, 0.5) is 17.6 Å². The van der Waals surface area contributed by atoms with Crippen LogP contribution in [0.25, 0.3) is 0 Å². The first kappa shape index (κ1) is 15.8. The topological polar surface area (TPSA) is 9.23 Å². The molecule has 2 aromatic carbocycles. The van der Waals surface area contributed by atoms with Gasteiger partial charge in [-0.05, 0) is 18.6 Å². The van der Waals surface area contributed by atoms with Gasteiger partial charge in [0.05, 0.1) is 11.9 Å². The summed E-state index contributed by atoms with van der Waals surface area (Å²) in [5.74, 6) is -3.34. The third-order valence-electron chi connectivity index (χ3n) is 3.09. The molecule has 0 amide bonds. The van der Waals surface area contributed by atoms with E-state index < -0.39 is 28.1 Å². The minimum atomic E-state index is -1.08. The molecule has 6 heteroatoms. The highest BCUT2D eigenvalue weighted by Gasteiger charge is 2.24. The Morgan fingerprint density at radius 2 is 1.48 bits per heavy atom. The predicted molar refractivity (Wildman–Crippen MR) is 74.8 cm³/mol. The molecule has 0 aliphatic carbocycles. The predicted octanol–water partition coefficient (Wildman–Crippen LogP) is 5.04. The van der Waals surface area contributed by atoms with Crippen molar-refractivity contribution in [3.8, 4) is 5.75 Å². The first-order valence-corrected chi connectivity index (χ1v) is 6.89. The van der Waals surface area contributed by atoms with Crippen molar-refractivity contribution in [2.24, 2.45) is 0 Å². The van der Waals surface area contributed by atoms with Crippen molar-refractivity contribution in [2.75, 3.05) is 7.11 Å². The van der Waals surface area contributed by atoms with E-state index in [9.17, 15) is 17.6 Å². The van der Waals surface area contributed by atoms with Crippen LogP contribution in [0, 0.1) is 30.2 Å². The summed E-state index contributed by atoms with van der Waals surface area (Å²) in [6, 6.07) is 3.91. The molecule has 0 spiro atoms. The molecule has 2 rings (SSSR count). The third kappa shape index (κ3) is 3.05. The van der Waals surface area contributed by atoms with Crippen molar-refractivity contribution in [3.63, 3.8) is 0 Å². The van der Waals surface area contributed by atoms with Crippen molar-refractivity contribution >= 4 is 15.9 Å². The smallest absolute Gasteiger partial charge is 0.134 e. The van der Waals surface area contributed by atoms with Crippen LogP contribution in [0.2, 0.25) is 0 Å². The lowest BCUT2D eigenvalue weighted by atomic mass is 10.0. The van der Waals surface area contributed by atoms with E-state index >= 15 is 0 Å². The lowest BCUT2D eigenvalue weighted by Gasteiger charge is -2.15. The van der Waals surface area contributed by atoms with Crippen molar-refractivity contribution in [1.29, 1.82) is 0 Å². The average Bonchev–Trinajstić information content (AvgIpc) is 2.41. The first-order valence-electron chi connectivity index (χ1n) is 5.97. The van der Waals surface area contributed by atoms with E-state index in [2.05, 4.69) is 15.9 Å². The highest BCUT2D eigenvalue weighted by atomic mass is 79.9. The zero-order valence-electron chi connectivity index (χ0n) is 11.2. The zero-order chi connectivity index (χ0) is 15.7. The monoisotopic (exact) mass is 362 g/mol. The first-order chi connectivity index (χ1) is 9.85. The van der Waals surface area contributed by atoms with Gasteiger partial charge in [0.25, 0.3) is 0 Å². The molecule has 112 valence electrons. The molecule has 1 atom stereocenters. The van der Waals surface area contributed by atoms with Crippen LogP contribution in [0.5, 0.6) is 5.75 Å². The van der Waals surface area contributed by atoms with Crippen molar-refractivity contribution < 1.29 is 22.3 Å². The molecule has 0 N–H and O–H groups in total. The number of hydrogen-bond donors (Lipinski definition) is 0. The largest absolute Gasteiger partial charge is 0.497 e. The SMILES string of the molecule is COc1cc(F)c(C(Br)c2cc(C)c(F)cc2F)c(F)c1. The summed E-state index contributed by atoms with van der Waals surface area (Å²) >= 11 is 3.07. The molecule has 1 nitrogen and oxygen atoms in total. The summed E-state index contributed by atoms with van der Waals surface area (Å²) in [5, 5.41) is 0. The summed E-state index contributed by atoms with van der Waals surface area (Å²) < 4.78 is 59.9. The lowest BCUT2D eigenvalue weighted by molar-refractivity contribution is 0.405. The second kappa shape index (κ2) is 6.05. The van der Waals surface area contributed by atoms with Crippen LogP contribution in [-0.2, 0) is 0 Å². The highest BCUT2D eigenvalue weighted by molar-refractivity contribution is 9.09. The number of alkyl halides is 1. The van der Waals surface area contributed by atoms with E-state index in [4.69, 9.17) is 4.74 Å². The summed E-state index contributed by atoms with van der Waals surface area (Å²) in [4.78, 5) is -1.08. The molecule has 0 radical (unpaired) electrons. The number of rotatable bonds is 3. The normalized spacial score (nSPS) is 12.3. The quantitative estimate of drug-likeness (QED) is 0.548. The third-order valence-corrected chi connectivity index (χ3v) is 4.04. The fourth-order valence-electron chi connectivity index (χ4n) is 1.95. The maximum atomic E-state index is 14.0. The molecule has 0 heterocycles. The van der Waals surface area contributed by atoms with E-state index in [1.807, 2.05) is 0 Å². The molecule has 0 aliphatic rings. The number of ether oxygens (including phenoxy) is 1. The summed E-state index contributed by atoms with van der Waals surface area (Å²) in [5.41, 5.74) is -0.220. The van der Waals surface area contributed by atoms with E-state index in [1.165, 1.54) is 20.1 Å². The zero-order valence-corrected chi connectivity index (χ0v) is 12.8. The molecular weight excluding hydrogens is 352 g/mol. The van der Waals surface area contributed by atoms with Gasteiger partial charge in [0.1, 0.15) is 29.0 Å². The Labute approximate surface area is 127 Å². The van der Waals surface area contributed by atoms with Gasteiger partial charge in [0, 0.05) is 29.3 Å². The average molecular weight is 363 g/mol. The number of methoxy groups -OCH3 is 1. The molecule has 1 unspecified atom stereocenters. The number of benzene rings is 2. The fourth-order valence-corrected chi connectivity index (χ4v) is 2.74. The lowest BCUT2D eigenvalue weighted by Crippen LogP contribution is -2.05. The Kier molecular flexibility index (Phi) is 4.56. The standard InChI is InChI=1S/C15H11BrF4O/c1-7-3-9(11(18)6-10(7)17)15(16)14-12(19)4-8(21-2)5-13(14)20/h3-6,15H,1-2H3. The van der Waals surface area contributed by atoms with Crippen LogP contribution in [0.15, 0.2) is 24.3 Å². The molecule has 0 bridgehead atoms. The summed E-state index contributed by atoms with van der Waals surface area (Å²) in [7, 11) is 1.28. The van der Waals surface area contributed by atoms with Gasteiger partial charge in [-0.15, -0.1) is 0 Å². The van der Waals surface area contributed by atoms with Crippen molar-refractivity contribution in [2.45, 2.75) is 11.8 Å². The van der Waals surface area contributed by atoms with E-state index in [-0.39, 0.29) is 22.4 Å². The molecule has 0 fully saturated rings. The number of hydrogen-bond acceptors (Lipinski definition) is 1. The van der Waals surface area contributed by atoms with Crippen LogP contribution in [0.1, 0.15) is 21.5 Å². The number of halogens is 5. The van der Waals surface area contributed by atoms with Gasteiger partial charge < -0.3 is 4.74 Å². The van der Waals surface area contributed by atoms with Gasteiger partial charge in [-0.3, -0.25) is 0 Å². The Bertz CT molecular complexity index is 665. The highest BCUT2D eigenvalue weighted by Crippen LogP contribution is 2.37. The van der Waals surface area contributed by atoms with Gasteiger partial charge in [-0.25, -0.2) is 17.6 Å². The molecule has 0 saturated carbocycles. The van der Waals surface area contributed by atoms with Gasteiger partial charge in [0.2, 0.25) is 0 Å². The van der Waals surface area contributed by atoms with Gasteiger partial charge in [-0.2, -0.15) is 0 Å². The summed E-state index contributed by atoms with van der Waals surface area (Å²) in [6.07, 6.45) is 0. The second-order valence-corrected chi connectivity index (χ2v) is 5.41. The Balaban J connectivity index is 2.55. The van der Waals surface area contributed by atoms with Gasteiger partial charge >= 0.3 is 0 Å². The van der Waals surface area contributed by atoms with E-state index in [0.29, 0.717) is 6.07 Å². The molecular formula is C15H11BrF4O. The van der Waals surface area contributed by atoms with Gasteiger partial charge in [0.15, 0.2) is 0 Å². The summed E-state index contributed by atoms with van der Waals surface area (Å²) in [6.45, 7) is 1.44. The van der Waals surface area contributed by atoms with Crippen LogP contribution in [0.3, 0.4) is 0 Å². The maximum absolute atomic E-state index is 14.0. The fraction of sp³-hybridized carbons (Fsp3) is 0.200. The molecule has 2 aromatic rings. The van der Waals surface area contributed by atoms with Crippen LogP contribution in [-0.4, -0.2) is 7.11 Å².